The number of amides is 2. The standard InChI is InChI=1S/C18H21N3O4/c19-13-18(9-5-2-6-10-18)21-15(22)12-25-16(23)11-20-17(24)14-7-3-1-4-8-14/h1,3-4,7-8H,2,5-6,9-12H2,(H,20,24)(H,21,22). The van der Waals surface area contributed by atoms with Crippen molar-refractivity contribution < 1.29 is 19.1 Å². The highest BCUT2D eigenvalue weighted by atomic mass is 16.5. The van der Waals surface area contributed by atoms with Gasteiger partial charge in [0.15, 0.2) is 6.61 Å². The van der Waals surface area contributed by atoms with Crippen LogP contribution in [0.25, 0.3) is 0 Å². The lowest BCUT2D eigenvalue weighted by Crippen LogP contribution is -2.50. The first-order valence-corrected chi connectivity index (χ1v) is 8.26. The van der Waals surface area contributed by atoms with E-state index in [0.29, 0.717) is 18.4 Å². The molecule has 0 unspecified atom stereocenters. The van der Waals surface area contributed by atoms with Crippen molar-refractivity contribution in [2.75, 3.05) is 13.2 Å². The Kier molecular flexibility index (Phi) is 6.52. The molecule has 2 amide bonds. The Morgan fingerprint density at radius 3 is 2.44 bits per heavy atom. The number of ether oxygens (including phenoxy) is 1. The lowest BCUT2D eigenvalue weighted by Gasteiger charge is -2.31. The number of hydrogen-bond donors (Lipinski definition) is 2. The summed E-state index contributed by atoms with van der Waals surface area (Å²) in [6.45, 7) is -0.798. The normalized spacial score (nSPS) is 15.5. The van der Waals surface area contributed by atoms with E-state index in [1.54, 1.807) is 30.3 Å². The number of hydrogen-bond acceptors (Lipinski definition) is 5. The van der Waals surface area contributed by atoms with Crippen molar-refractivity contribution in [2.24, 2.45) is 0 Å². The van der Waals surface area contributed by atoms with E-state index in [-0.39, 0.29) is 6.54 Å². The zero-order valence-electron chi connectivity index (χ0n) is 13.9. The van der Waals surface area contributed by atoms with E-state index in [4.69, 9.17) is 4.74 Å². The molecule has 0 atom stereocenters. The summed E-state index contributed by atoms with van der Waals surface area (Å²) in [4.78, 5) is 35.4. The number of benzene rings is 1. The van der Waals surface area contributed by atoms with E-state index in [1.165, 1.54) is 0 Å². The minimum absolute atomic E-state index is 0.329. The molecule has 2 rings (SSSR count). The number of esters is 1. The molecule has 0 bridgehead atoms. The van der Waals surface area contributed by atoms with Crippen LogP contribution >= 0.6 is 0 Å². The molecular weight excluding hydrogens is 322 g/mol. The second-order valence-electron chi connectivity index (χ2n) is 6.01. The molecule has 1 aromatic rings. The molecule has 0 aliphatic heterocycles. The third-order valence-corrected chi connectivity index (χ3v) is 4.09. The molecule has 7 heteroatoms. The van der Waals surface area contributed by atoms with Gasteiger partial charge in [0.05, 0.1) is 6.07 Å². The van der Waals surface area contributed by atoms with Gasteiger partial charge < -0.3 is 15.4 Å². The van der Waals surface area contributed by atoms with Crippen molar-refractivity contribution in [1.29, 1.82) is 5.26 Å². The fraction of sp³-hybridized carbons (Fsp3) is 0.444. The highest BCUT2D eigenvalue weighted by molar-refractivity contribution is 5.96. The zero-order valence-corrected chi connectivity index (χ0v) is 13.9. The van der Waals surface area contributed by atoms with Crippen molar-refractivity contribution in [1.82, 2.24) is 10.6 Å². The van der Waals surface area contributed by atoms with Crippen LogP contribution in [0.3, 0.4) is 0 Å². The number of carbonyl (C=O) groups excluding carboxylic acids is 3. The highest BCUT2D eigenvalue weighted by Crippen LogP contribution is 2.27. The largest absolute Gasteiger partial charge is 0.454 e. The third kappa shape index (κ3) is 5.60. The second-order valence-corrected chi connectivity index (χ2v) is 6.01. The van der Waals surface area contributed by atoms with Gasteiger partial charge in [-0.05, 0) is 25.0 Å². The van der Waals surface area contributed by atoms with Crippen LogP contribution in [0, 0.1) is 11.3 Å². The maximum atomic E-state index is 11.9. The number of carbonyl (C=O) groups is 3. The summed E-state index contributed by atoms with van der Waals surface area (Å²) < 4.78 is 4.85. The first-order valence-electron chi connectivity index (χ1n) is 8.26. The Hall–Kier alpha value is -2.88. The summed E-state index contributed by atoms with van der Waals surface area (Å²) >= 11 is 0. The van der Waals surface area contributed by atoms with E-state index in [0.717, 1.165) is 19.3 Å². The zero-order chi connectivity index (χ0) is 18.1. The lowest BCUT2D eigenvalue weighted by molar-refractivity contribution is -0.148. The number of nitriles is 1. The van der Waals surface area contributed by atoms with Gasteiger partial charge in [-0.15, -0.1) is 0 Å². The SMILES string of the molecule is N#CC1(NC(=O)COC(=O)CNC(=O)c2ccccc2)CCCCC1. The summed E-state index contributed by atoms with van der Waals surface area (Å²) in [5.41, 5.74) is -0.426. The molecule has 2 N–H and O–H groups in total. The summed E-state index contributed by atoms with van der Waals surface area (Å²) in [6, 6.07) is 10.6. The van der Waals surface area contributed by atoms with Gasteiger partial charge in [0, 0.05) is 5.56 Å². The number of rotatable bonds is 6. The first-order chi connectivity index (χ1) is 12.0. The minimum Gasteiger partial charge on any atom is -0.454 e. The maximum absolute atomic E-state index is 11.9. The van der Waals surface area contributed by atoms with Crippen LogP contribution in [-0.2, 0) is 14.3 Å². The van der Waals surface area contributed by atoms with Crippen LogP contribution in [0.1, 0.15) is 42.5 Å². The molecule has 0 heterocycles. The molecule has 132 valence electrons. The van der Waals surface area contributed by atoms with Gasteiger partial charge in [-0.2, -0.15) is 5.26 Å². The molecule has 0 aromatic heterocycles. The van der Waals surface area contributed by atoms with Crippen molar-refractivity contribution in [3.63, 3.8) is 0 Å². The number of nitrogens with zero attached hydrogens (tertiary/aromatic N) is 1. The van der Waals surface area contributed by atoms with Crippen LogP contribution in [0.15, 0.2) is 30.3 Å². The quantitative estimate of drug-likeness (QED) is 0.757. The van der Waals surface area contributed by atoms with Gasteiger partial charge in [0.2, 0.25) is 0 Å². The van der Waals surface area contributed by atoms with Crippen LogP contribution < -0.4 is 10.6 Å². The summed E-state index contributed by atoms with van der Waals surface area (Å²) in [5, 5.41) is 14.4. The Morgan fingerprint density at radius 1 is 1.12 bits per heavy atom. The Morgan fingerprint density at radius 2 is 1.80 bits per heavy atom. The van der Waals surface area contributed by atoms with Crippen LogP contribution in [0.5, 0.6) is 0 Å². The lowest BCUT2D eigenvalue weighted by atomic mass is 9.83. The predicted molar refractivity (Wildman–Crippen MR) is 89.3 cm³/mol. The monoisotopic (exact) mass is 343 g/mol. The van der Waals surface area contributed by atoms with Gasteiger partial charge in [-0.3, -0.25) is 14.4 Å². The molecule has 25 heavy (non-hydrogen) atoms. The van der Waals surface area contributed by atoms with Crippen molar-refractivity contribution in [2.45, 2.75) is 37.6 Å². The van der Waals surface area contributed by atoms with E-state index in [9.17, 15) is 19.6 Å². The fourth-order valence-electron chi connectivity index (χ4n) is 2.76. The summed E-state index contributed by atoms with van der Waals surface area (Å²) in [7, 11) is 0. The average molecular weight is 343 g/mol. The molecule has 1 fully saturated rings. The van der Waals surface area contributed by atoms with E-state index < -0.39 is 29.9 Å². The molecule has 7 nitrogen and oxygen atoms in total. The molecule has 0 saturated heterocycles. The predicted octanol–water partition coefficient (Wildman–Crippen LogP) is 1.30. The van der Waals surface area contributed by atoms with Crippen molar-refractivity contribution in [3.8, 4) is 6.07 Å². The molecule has 1 saturated carbocycles. The average Bonchev–Trinajstić information content (AvgIpc) is 2.66. The topological polar surface area (TPSA) is 108 Å². The van der Waals surface area contributed by atoms with Gasteiger partial charge >= 0.3 is 5.97 Å². The molecular formula is C18H21N3O4. The van der Waals surface area contributed by atoms with E-state index in [1.807, 2.05) is 0 Å². The molecule has 1 aliphatic carbocycles. The van der Waals surface area contributed by atoms with Crippen LogP contribution in [0.4, 0.5) is 0 Å². The first kappa shape index (κ1) is 18.5. The van der Waals surface area contributed by atoms with Gasteiger partial charge in [0.1, 0.15) is 12.1 Å². The summed E-state index contributed by atoms with van der Waals surface area (Å²) in [5.74, 6) is -1.62. The smallest absolute Gasteiger partial charge is 0.325 e. The second kappa shape index (κ2) is 8.83. The Balaban J connectivity index is 1.71. The maximum Gasteiger partial charge on any atom is 0.325 e. The van der Waals surface area contributed by atoms with E-state index in [2.05, 4.69) is 16.7 Å². The fourth-order valence-corrected chi connectivity index (χ4v) is 2.76. The van der Waals surface area contributed by atoms with Crippen LogP contribution in [-0.4, -0.2) is 36.5 Å². The van der Waals surface area contributed by atoms with Crippen molar-refractivity contribution >= 4 is 17.8 Å². The number of nitrogens with one attached hydrogen (secondary N) is 2. The van der Waals surface area contributed by atoms with Gasteiger partial charge in [-0.1, -0.05) is 37.5 Å². The molecule has 1 aromatic carbocycles. The summed E-state index contributed by atoms with van der Waals surface area (Å²) in [6.07, 6.45) is 4.04. The minimum atomic E-state index is -0.858. The molecule has 1 aliphatic rings. The highest BCUT2D eigenvalue weighted by Gasteiger charge is 2.33. The molecule has 0 radical (unpaired) electrons. The van der Waals surface area contributed by atoms with E-state index >= 15 is 0 Å². The Labute approximate surface area is 146 Å². The third-order valence-electron chi connectivity index (χ3n) is 4.09. The van der Waals surface area contributed by atoms with Crippen molar-refractivity contribution in [3.05, 3.63) is 35.9 Å². The van der Waals surface area contributed by atoms with Gasteiger partial charge in [0.25, 0.3) is 11.8 Å². The van der Waals surface area contributed by atoms with Gasteiger partial charge in [-0.25, -0.2) is 0 Å². The Bertz CT molecular complexity index is 661. The van der Waals surface area contributed by atoms with Crippen LogP contribution in [0.2, 0.25) is 0 Å². The molecule has 0 spiro atoms.